The van der Waals surface area contributed by atoms with Crippen LogP contribution in [0.3, 0.4) is 0 Å². The first-order valence-corrected chi connectivity index (χ1v) is 15.9. The largest absolute Gasteiger partial charge is 0.480 e. The lowest BCUT2D eigenvalue weighted by Gasteiger charge is -2.19. The molecule has 1 aliphatic carbocycles. The minimum absolute atomic E-state index is 0.0660. The van der Waals surface area contributed by atoms with Crippen LogP contribution in [0.2, 0.25) is 0 Å². The number of hydrogen-bond donors (Lipinski definition) is 2. The number of carbonyl (C=O) groups is 2. The van der Waals surface area contributed by atoms with E-state index in [0.29, 0.717) is 11.7 Å². The van der Waals surface area contributed by atoms with Gasteiger partial charge in [-0.1, -0.05) is 70.7 Å². The summed E-state index contributed by atoms with van der Waals surface area (Å²) in [7, 11) is 0. The second kappa shape index (κ2) is 13.1. The lowest BCUT2D eigenvalue weighted by Crippen LogP contribution is -2.42. The lowest BCUT2D eigenvalue weighted by molar-refractivity contribution is -0.139. The van der Waals surface area contributed by atoms with Crippen molar-refractivity contribution < 1.29 is 19.4 Å². The lowest BCUT2D eigenvalue weighted by atomic mass is 9.87. The van der Waals surface area contributed by atoms with Crippen LogP contribution in [0, 0.1) is 5.92 Å². The maximum Gasteiger partial charge on any atom is 0.326 e. The molecule has 6 nitrogen and oxygen atoms in total. The average Bonchev–Trinajstić information content (AvgIpc) is 3.65. The maximum absolute atomic E-state index is 13.4. The average molecular weight is 597 g/mol. The fourth-order valence-electron chi connectivity index (χ4n) is 5.67. The first-order chi connectivity index (χ1) is 20.6. The summed E-state index contributed by atoms with van der Waals surface area (Å²) in [4.78, 5) is 32.3. The molecular weight excluding hydrogens is 556 g/mol. The van der Waals surface area contributed by atoms with Gasteiger partial charge < -0.3 is 15.2 Å². The molecule has 0 saturated heterocycles. The first kappa shape index (κ1) is 30.5. The number of rotatable bonds is 10. The van der Waals surface area contributed by atoms with E-state index in [9.17, 15) is 14.7 Å². The van der Waals surface area contributed by atoms with E-state index < -0.39 is 17.9 Å². The van der Waals surface area contributed by atoms with Crippen LogP contribution in [0.25, 0.3) is 16.8 Å². The monoisotopic (exact) mass is 596 g/mol. The molecular formula is C36H40N2O4S. The smallest absolute Gasteiger partial charge is 0.326 e. The third-order valence-electron chi connectivity index (χ3n) is 8.05. The summed E-state index contributed by atoms with van der Waals surface area (Å²) in [5.74, 6) is 0.435. The normalized spacial score (nSPS) is 14.8. The SMILES string of the molecule is C/C=C\c1ccc(CC(NC(=O)c2cc3ccc(Oc4ccc(C(C)(C)C)cc4)cc3c(CC3CCCC3)n2)C(=O)O)s1. The minimum atomic E-state index is -1.07. The highest BCUT2D eigenvalue weighted by Gasteiger charge is 2.25. The number of nitrogens with one attached hydrogen (secondary N) is 1. The van der Waals surface area contributed by atoms with Crippen LogP contribution in [0.5, 0.6) is 11.5 Å². The number of aliphatic carboxylic acids is 1. The van der Waals surface area contributed by atoms with E-state index in [2.05, 4.69) is 38.2 Å². The summed E-state index contributed by atoms with van der Waals surface area (Å²) in [5.41, 5.74) is 2.39. The predicted octanol–water partition coefficient (Wildman–Crippen LogP) is 8.58. The Kier molecular flexibility index (Phi) is 9.31. The highest BCUT2D eigenvalue weighted by Crippen LogP contribution is 2.33. The van der Waals surface area contributed by atoms with Gasteiger partial charge in [0, 0.05) is 27.3 Å². The molecule has 43 heavy (non-hydrogen) atoms. The number of thiophene rings is 1. The van der Waals surface area contributed by atoms with Crippen molar-refractivity contribution in [2.75, 3.05) is 0 Å². The molecule has 2 aromatic heterocycles. The molecule has 1 fully saturated rings. The van der Waals surface area contributed by atoms with E-state index in [1.807, 2.05) is 61.5 Å². The molecule has 2 heterocycles. The van der Waals surface area contributed by atoms with Crippen molar-refractivity contribution in [3.05, 3.63) is 93.4 Å². The van der Waals surface area contributed by atoms with Crippen LogP contribution in [-0.2, 0) is 23.1 Å². The fourth-order valence-corrected chi connectivity index (χ4v) is 6.70. The molecule has 7 heteroatoms. The quantitative estimate of drug-likeness (QED) is 0.191. The van der Waals surface area contributed by atoms with E-state index >= 15 is 0 Å². The van der Waals surface area contributed by atoms with Crippen molar-refractivity contribution >= 4 is 40.1 Å². The van der Waals surface area contributed by atoms with Gasteiger partial charge >= 0.3 is 5.97 Å². The highest BCUT2D eigenvalue weighted by molar-refractivity contribution is 7.12. The first-order valence-electron chi connectivity index (χ1n) is 15.1. The molecule has 2 N–H and O–H groups in total. The topological polar surface area (TPSA) is 88.5 Å². The number of carboxylic acid groups (broad SMARTS) is 1. The summed E-state index contributed by atoms with van der Waals surface area (Å²) in [6.45, 7) is 8.50. The third kappa shape index (κ3) is 7.71. The number of ether oxygens (including phenoxy) is 1. The summed E-state index contributed by atoms with van der Waals surface area (Å²) >= 11 is 1.52. The molecule has 0 radical (unpaired) electrons. The zero-order chi connectivity index (χ0) is 30.6. The Bertz CT molecular complexity index is 1630. The van der Waals surface area contributed by atoms with Crippen LogP contribution in [0.15, 0.2) is 66.7 Å². The van der Waals surface area contributed by atoms with E-state index in [1.54, 1.807) is 6.07 Å². The van der Waals surface area contributed by atoms with Gasteiger partial charge in [-0.05, 0) is 84.2 Å². The van der Waals surface area contributed by atoms with Crippen molar-refractivity contribution in [1.82, 2.24) is 10.3 Å². The molecule has 1 atom stereocenters. The van der Waals surface area contributed by atoms with Crippen molar-refractivity contribution in [2.24, 2.45) is 5.92 Å². The Labute approximate surface area is 257 Å². The van der Waals surface area contributed by atoms with Crippen LogP contribution >= 0.6 is 11.3 Å². The Morgan fingerprint density at radius 1 is 1.05 bits per heavy atom. The van der Waals surface area contributed by atoms with Crippen molar-refractivity contribution in [2.45, 2.75) is 77.7 Å². The summed E-state index contributed by atoms with van der Waals surface area (Å²) in [6, 6.07) is 18.6. The Morgan fingerprint density at radius 3 is 2.44 bits per heavy atom. The third-order valence-corrected chi connectivity index (χ3v) is 9.12. The van der Waals surface area contributed by atoms with Crippen molar-refractivity contribution in [3.8, 4) is 11.5 Å². The molecule has 1 saturated carbocycles. The molecule has 224 valence electrons. The molecule has 0 spiro atoms. The number of aromatic nitrogens is 1. The molecule has 2 aromatic carbocycles. The number of carbonyl (C=O) groups excluding carboxylic acids is 1. The van der Waals surface area contributed by atoms with Gasteiger partial charge in [0.1, 0.15) is 23.2 Å². The van der Waals surface area contributed by atoms with Gasteiger partial charge in [-0.25, -0.2) is 9.78 Å². The molecule has 1 unspecified atom stereocenters. The number of nitrogens with zero attached hydrogens (tertiary/aromatic N) is 1. The van der Waals surface area contributed by atoms with Gasteiger partial charge in [0.15, 0.2) is 0 Å². The zero-order valence-electron chi connectivity index (χ0n) is 25.4. The molecule has 0 aliphatic heterocycles. The van der Waals surface area contributed by atoms with E-state index in [1.165, 1.54) is 29.7 Å². The van der Waals surface area contributed by atoms with E-state index in [0.717, 1.165) is 51.2 Å². The molecule has 5 rings (SSSR count). The predicted molar refractivity (Wildman–Crippen MR) is 174 cm³/mol. The zero-order valence-corrected chi connectivity index (χ0v) is 26.2. The van der Waals surface area contributed by atoms with Crippen LogP contribution in [0.4, 0.5) is 0 Å². The summed E-state index contributed by atoms with van der Waals surface area (Å²) in [6.07, 6.45) is 9.61. The van der Waals surface area contributed by atoms with Crippen LogP contribution in [-0.4, -0.2) is 28.0 Å². The van der Waals surface area contributed by atoms with Crippen molar-refractivity contribution in [3.63, 3.8) is 0 Å². The van der Waals surface area contributed by atoms with Crippen LogP contribution < -0.4 is 10.1 Å². The number of pyridine rings is 1. The number of hydrogen-bond acceptors (Lipinski definition) is 5. The number of carboxylic acids is 1. The van der Waals surface area contributed by atoms with Gasteiger partial charge in [0.2, 0.25) is 0 Å². The molecule has 1 aliphatic rings. The van der Waals surface area contributed by atoms with Crippen LogP contribution in [0.1, 0.15) is 84.9 Å². The van der Waals surface area contributed by atoms with Crippen molar-refractivity contribution in [1.29, 1.82) is 0 Å². The maximum atomic E-state index is 13.4. The second-order valence-corrected chi connectivity index (χ2v) is 13.6. The standard InChI is InChI=1S/C36H40N2O4S/c1-5-8-28-17-18-29(43-28)22-33(35(40)41)38-34(39)32-20-24-11-14-27(42-26-15-12-25(13-16-26)36(2,3)4)21-30(24)31(37-32)19-23-9-6-7-10-23/h5,8,11-18,20-21,23,33H,6-7,9-10,19,22H2,1-4H3,(H,38,39)(H,40,41)/b8-5-. The number of amides is 1. The van der Waals surface area contributed by atoms with Gasteiger partial charge in [-0.2, -0.15) is 0 Å². The Morgan fingerprint density at radius 2 is 1.77 bits per heavy atom. The van der Waals surface area contributed by atoms with E-state index in [-0.39, 0.29) is 17.5 Å². The Hall–Kier alpha value is -3.97. The number of benzene rings is 2. The van der Waals surface area contributed by atoms with Gasteiger partial charge in [-0.15, -0.1) is 11.3 Å². The second-order valence-electron chi connectivity index (χ2n) is 12.4. The van der Waals surface area contributed by atoms with E-state index in [4.69, 9.17) is 9.72 Å². The molecule has 4 aromatic rings. The Balaban J connectivity index is 1.41. The number of allylic oxidation sites excluding steroid dienone is 1. The summed E-state index contributed by atoms with van der Waals surface area (Å²) in [5, 5.41) is 14.5. The minimum Gasteiger partial charge on any atom is -0.480 e. The van der Waals surface area contributed by atoms with Gasteiger partial charge in [0.05, 0.1) is 0 Å². The molecule has 1 amide bonds. The highest BCUT2D eigenvalue weighted by atomic mass is 32.1. The van der Waals surface area contributed by atoms with Gasteiger partial charge in [0.25, 0.3) is 5.91 Å². The number of fused-ring (bicyclic) bond motifs is 1. The summed E-state index contributed by atoms with van der Waals surface area (Å²) < 4.78 is 6.23. The molecule has 0 bridgehead atoms. The van der Waals surface area contributed by atoms with Gasteiger partial charge in [-0.3, -0.25) is 4.79 Å². The fraction of sp³-hybridized carbons (Fsp3) is 0.361.